The molecule has 102 valence electrons. The minimum atomic E-state index is -4.41. The van der Waals surface area contributed by atoms with Crippen molar-refractivity contribution in [3.05, 3.63) is 12.0 Å². The average Bonchev–Trinajstić information content (AvgIpc) is 2.27. The van der Waals surface area contributed by atoms with Crippen molar-refractivity contribution >= 4 is 11.8 Å². The van der Waals surface area contributed by atoms with E-state index in [0.717, 1.165) is 11.1 Å². The number of hydrogen-bond donors (Lipinski definition) is 1. The van der Waals surface area contributed by atoms with E-state index in [1.807, 2.05) is 0 Å². The van der Waals surface area contributed by atoms with Gasteiger partial charge in [-0.2, -0.15) is 18.2 Å². The molecule has 1 aromatic rings. The summed E-state index contributed by atoms with van der Waals surface area (Å²) < 4.78 is 50.7. The van der Waals surface area contributed by atoms with E-state index >= 15 is 0 Å². The standard InChI is InChI=1S/C10H14F4N4/c1-3-4-18(6-10(12,13)14)8-7(11)5-16-9(15-2)17-8/h5H,3-4,6H2,1-2H3,(H,15,16,17). The molecule has 0 aliphatic heterocycles. The zero-order valence-corrected chi connectivity index (χ0v) is 10.1. The predicted molar refractivity (Wildman–Crippen MR) is 60.1 cm³/mol. The monoisotopic (exact) mass is 266 g/mol. The molecule has 4 nitrogen and oxygen atoms in total. The van der Waals surface area contributed by atoms with Crippen LogP contribution in [-0.4, -0.2) is 36.3 Å². The van der Waals surface area contributed by atoms with E-state index in [2.05, 4.69) is 15.3 Å². The smallest absolute Gasteiger partial charge is 0.357 e. The van der Waals surface area contributed by atoms with Crippen LogP contribution in [0.2, 0.25) is 0 Å². The van der Waals surface area contributed by atoms with Crippen molar-refractivity contribution in [1.82, 2.24) is 9.97 Å². The van der Waals surface area contributed by atoms with Crippen LogP contribution in [-0.2, 0) is 0 Å². The highest BCUT2D eigenvalue weighted by Crippen LogP contribution is 2.23. The van der Waals surface area contributed by atoms with E-state index in [4.69, 9.17) is 0 Å². The van der Waals surface area contributed by atoms with E-state index in [1.54, 1.807) is 6.92 Å². The van der Waals surface area contributed by atoms with Gasteiger partial charge in [-0.15, -0.1) is 0 Å². The van der Waals surface area contributed by atoms with Gasteiger partial charge in [-0.25, -0.2) is 9.37 Å². The van der Waals surface area contributed by atoms with Crippen LogP contribution in [0.15, 0.2) is 6.20 Å². The van der Waals surface area contributed by atoms with Gasteiger partial charge in [0.25, 0.3) is 0 Å². The first-order chi connectivity index (χ1) is 8.37. The summed E-state index contributed by atoms with van der Waals surface area (Å²) in [5.41, 5.74) is 0. The van der Waals surface area contributed by atoms with Crippen molar-refractivity contribution in [2.24, 2.45) is 0 Å². The van der Waals surface area contributed by atoms with Crippen LogP contribution < -0.4 is 10.2 Å². The number of nitrogens with zero attached hydrogens (tertiary/aromatic N) is 3. The Morgan fingerprint density at radius 2 is 2.06 bits per heavy atom. The summed E-state index contributed by atoms with van der Waals surface area (Å²) in [7, 11) is 1.50. The predicted octanol–water partition coefficient (Wildman–Crippen LogP) is 2.44. The minimum absolute atomic E-state index is 0.0661. The summed E-state index contributed by atoms with van der Waals surface area (Å²) in [6, 6.07) is 0. The minimum Gasteiger partial charge on any atom is -0.357 e. The fraction of sp³-hybridized carbons (Fsp3) is 0.600. The molecule has 0 aliphatic carbocycles. The quantitative estimate of drug-likeness (QED) is 0.831. The van der Waals surface area contributed by atoms with Gasteiger partial charge in [0.05, 0.1) is 6.20 Å². The lowest BCUT2D eigenvalue weighted by atomic mass is 10.3. The van der Waals surface area contributed by atoms with E-state index in [-0.39, 0.29) is 18.3 Å². The Morgan fingerprint density at radius 1 is 1.39 bits per heavy atom. The highest BCUT2D eigenvalue weighted by molar-refractivity contribution is 5.43. The second-order valence-electron chi connectivity index (χ2n) is 3.65. The van der Waals surface area contributed by atoms with Gasteiger partial charge in [-0.1, -0.05) is 6.92 Å². The molecule has 0 aromatic carbocycles. The zero-order chi connectivity index (χ0) is 13.8. The van der Waals surface area contributed by atoms with Gasteiger partial charge in [0.2, 0.25) is 5.95 Å². The molecule has 0 saturated heterocycles. The Morgan fingerprint density at radius 3 is 2.56 bits per heavy atom. The van der Waals surface area contributed by atoms with Crippen molar-refractivity contribution in [2.75, 3.05) is 30.4 Å². The zero-order valence-electron chi connectivity index (χ0n) is 10.1. The summed E-state index contributed by atoms with van der Waals surface area (Å²) >= 11 is 0. The van der Waals surface area contributed by atoms with Crippen LogP contribution in [0.1, 0.15) is 13.3 Å². The summed E-state index contributed by atoms with van der Waals surface area (Å²) in [5, 5.41) is 2.56. The van der Waals surface area contributed by atoms with Gasteiger partial charge in [-0.3, -0.25) is 0 Å². The van der Waals surface area contributed by atoms with Crippen molar-refractivity contribution in [3.8, 4) is 0 Å². The molecule has 18 heavy (non-hydrogen) atoms. The first kappa shape index (κ1) is 14.5. The third-order valence-corrected chi connectivity index (χ3v) is 2.11. The van der Waals surface area contributed by atoms with Gasteiger partial charge in [0.15, 0.2) is 11.6 Å². The number of rotatable bonds is 5. The lowest BCUT2D eigenvalue weighted by Crippen LogP contribution is -2.36. The van der Waals surface area contributed by atoms with E-state index < -0.39 is 18.5 Å². The first-order valence-electron chi connectivity index (χ1n) is 5.39. The largest absolute Gasteiger partial charge is 0.405 e. The molecule has 1 aromatic heterocycles. The summed E-state index contributed by atoms with van der Waals surface area (Å²) in [6.45, 7) is 0.538. The van der Waals surface area contributed by atoms with Gasteiger partial charge in [-0.05, 0) is 6.42 Å². The highest BCUT2D eigenvalue weighted by atomic mass is 19.4. The number of hydrogen-bond acceptors (Lipinski definition) is 4. The topological polar surface area (TPSA) is 41.1 Å². The Bertz CT molecular complexity index is 394. The van der Waals surface area contributed by atoms with E-state index in [9.17, 15) is 17.6 Å². The maximum atomic E-state index is 13.5. The molecule has 1 N–H and O–H groups in total. The maximum Gasteiger partial charge on any atom is 0.405 e. The van der Waals surface area contributed by atoms with Gasteiger partial charge >= 0.3 is 6.18 Å². The molecule has 0 amide bonds. The fourth-order valence-electron chi connectivity index (χ4n) is 1.45. The molecule has 0 fully saturated rings. The molecule has 0 saturated carbocycles. The van der Waals surface area contributed by atoms with E-state index in [0.29, 0.717) is 6.42 Å². The van der Waals surface area contributed by atoms with Crippen LogP contribution in [0.3, 0.4) is 0 Å². The SMILES string of the molecule is CCCN(CC(F)(F)F)c1nc(NC)ncc1F. The Labute approximate surface area is 102 Å². The molecule has 0 atom stereocenters. The third-order valence-electron chi connectivity index (χ3n) is 2.11. The van der Waals surface area contributed by atoms with Gasteiger partial charge in [0, 0.05) is 13.6 Å². The average molecular weight is 266 g/mol. The van der Waals surface area contributed by atoms with Gasteiger partial charge < -0.3 is 10.2 Å². The van der Waals surface area contributed by atoms with Crippen molar-refractivity contribution in [3.63, 3.8) is 0 Å². The Hall–Kier alpha value is -1.60. The molecule has 0 radical (unpaired) electrons. The number of nitrogens with one attached hydrogen (secondary N) is 1. The summed E-state index contributed by atoms with van der Waals surface area (Å²) in [5.74, 6) is -1.13. The lowest BCUT2D eigenvalue weighted by Gasteiger charge is -2.24. The third kappa shape index (κ3) is 4.01. The summed E-state index contributed by atoms with van der Waals surface area (Å²) in [6.07, 6.45) is -3.10. The second kappa shape index (κ2) is 5.83. The van der Waals surface area contributed by atoms with Crippen LogP contribution in [0, 0.1) is 5.82 Å². The number of anilines is 2. The number of halogens is 4. The number of alkyl halides is 3. The Kier molecular flexibility index (Phi) is 4.69. The molecule has 0 unspecified atom stereocenters. The van der Waals surface area contributed by atoms with Crippen LogP contribution in [0.4, 0.5) is 29.3 Å². The first-order valence-corrected chi connectivity index (χ1v) is 5.39. The van der Waals surface area contributed by atoms with Crippen LogP contribution in [0.25, 0.3) is 0 Å². The summed E-state index contributed by atoms with van der Waals surface area (Å²) in [4.78, 5) is 8.17. The highest BCUT2D eigenvalue weighted by Gasteiger charge is 2.32. The van der Waals surface area contributed by atoms with Crippen molar-refractivity contribution in [1.29, 1.82) is 0 Å². The van der Waals surface area contributed by atoms with E-state index in [1.165, 1.54) is 7.05 Å². The van der Waals surface area contributed by atoms with Gasteiger partial charge in [0.1, 0.15) is 6.54 Å². The number of aromatic nitrogens is 2. The molecule has 0 bridgehead atoms. The van der Waals surface area contributed by atoms with Crippen LogP contribution >= 0.6 is 0 Å². The van der Waals surface area contributed by atoms with Crippen molar-refractivity contribution in [2.45, 2.75) is 19.5 Å². The molecule has 8 heteroatoms. The Balaban J connectivity index is 3.04. The van der Waals surface area contributed by atoms with Crippen molar-refractivity contribution < 1.29 is 17.6 Å². The lowest BCUT2D eigenvalue weighted by molar-refractivity contribution is -0.119. The molecular formula is C10H14F4N4. The molecule has 0 spiro atoms. The molecule has 1 heterocycles. The maximum absolute atomic E-state index is 13.5. The molecular weight excluding hydrogens is 252 g/mol. The van der Waals surface area contributed by atoms with Crippen LogP contribution in [0.5, 0.6) is 0 Å². The normalized spacial score (nSPS) is 11.4. The molecule has 1 rings (SSSR count). The fourth-order valence-corrected chi connectivity index (χ4v) is 1.45. The second-order valence-corrected chi connectivity index (χ2v) is 3.65. The molecule has 0 aliphatic rings.